The summed E-state index contributed by atoms with van der Waals surface area (Å²) < 4.78 is 36.7. The lowest BCUT2D eigenvalue weighted by atomic mass is 10.3. The molecule has 0 saturated heterocycles. The van der Waals surface area contributed by atoms with E-state index in [0.717, 1.165) is 6.08 Å². The van der Waals surface area contributed by atoms with E-state index in [1.165, 1.54) is 18.3 Å². The molecule has 14 heavy (non-hydrogen) atoms. The number of nitrogens with zero attached hydrogens (tertiary/aromatic N) is 2. The molecular formula is C8H6F3N3. The molecule has 0 bridgehead atoms. The summed E-state index contributed by atoms with van der Waals surface area (Å²) in [5.74, 6) is -0.371. The summed E-state index contributed by atoms with van der Waals surface area (Å²) in [6, 6.07) is 1.52. The first kappa shape index (κ1) is 10.3. The summed E-state index contributed by atoms with van der Waals surface area (Å²) in [5, 5.41) is 10.3. The third-order valence-electron chi connectivity index (χ3n) is 1.43. The van der Waals surface area contributed by atoms with Crippen molar-refractivity contribution >= 4 is 5.84 Å². The third kappa shape index (κ3) is 2.62. The summed E-state index contributed by atoms with van der Waals surface area (Å²) in [4.78, 5) is 3.49. The Bertz CT molecular complexity index is 344. The van der Waals surface area contributed by atoms with Gasteiger partial charge in [-0.3, -0.25) is 0 Å². The van der Waals surface area contributed by atoms with Crippen LogP contribution in [0, 0.1) is 11.3 Å². The Labute approximate surface area is 78.2 Å². The fraction of sp³-hybridized carbons (Fsp3) is 0.250. The minimum atomic E-state index is -4.48. The zero-order valence-electron chi connectivity index (χ0n) is 6.97. The maximum atomic E-state index is 12.2. The van der Waals surface area contributed by atoms with Gasteiger partial charge in [-0.15, -0.1) is 0 Å². The fourth-order valence-corrected chi connectivity index (χ4v) is 0.828. The number of halogens is 3. The number of rotatable bonds is 0. The molecule has 3 nitrogen and oxygen atoms in total. The van der Waals surface area contributed by atoms with Gasteiger partial charge in [-0.2, -0.15) is 18.4 Å². The van der Waals surface area contributed by atoms with Gasteiger partial charge in [0.25, 0.3) is 0 Å². The summed E-state index contributed by atoms with van der Waals surface area (Å²) in [6.07, 6.45) is -0.672. The predicted octanol–water partition coefficient (Wildman–Crippen LogP) is 1.86. The van der Waals surface area contributed by atoms with Gasteiger partial charge in [0.15, 0.2) is 0 Å². The number of hydrogen-bond acceptors (Lipinski definition) is 3. The van der Waals surface area contributed by atoms with Gasteiger partial charge in [-0.05, 0) is 6.42 Å². The average Bonchev–Trinajstić information content (AvgIpc) is 2.01. The van der Waals surface area contributed by atoms with E-state index < -0.39 is 11.9 Å². The normalized spacial score (nSPS) is 19.3. The van der Waals surface area contributed by atoms with Gasteiger partial charge in [-0.1, -0.05) is 12.2 Å². The van der Waals surface area contributed by atoms with E-state index in [2.05, 4.69) is 4.99 Å². The molecule has 0 spiro atoms. The lowest BCUT2D eigenvalue weighted by Crippen LogP contribution is -2.30. The zero-order chi connectivity index (χ0) is 10.6. The van der Waals surface area contributed by atoms with Crippen LogP contribution in [0.3, 0.4) is 0 Å². The third-order valence-corrected chi connectivity index (χ3v) is 1.43. The molecule has 0 aliphatic carbocycles. The Morgan fingerprint density at radius 1 is 1.50 bits per heavy atom. The molecule has 1 rings (SSSR count). The van der Waals surface area contributed by atoms with Crippen LogP contribution in [-0.4, -0.2) is 12.0 Å². The van der Waals surface area contributed by atoms with Crippen molar-refractivity contribution < 1.29 is 13.2 Å². The lowest BCUT2D eigenvalue weighted by Gasteiger charge is -2.13. The van der Waals surface area contributed by atoms with Gasteiger partial charge in [0.1, 0.15) is 11.8 Å². The van der Waals surface area contributed by atoms with Crippen molar-refractivity contribution in [3.8, 4) is 6.07 Å². The monoisotopic (exact) mass is 201 g/mol. The zero-order valence-corrected chi connectivity index (χ0v) is 6.97. The first-order valence-corrected chi connectivity index (χ1v) is 3.71. The van der Waals surface area contributed by atoms with E-state index in [4.69, 9.17) is 5.26 Å². The topological polar surface area (TPSA) is 48.2 Å². The largest absolute Gasteiger partial charge is 0.431 e. The van der Waals surface area contributed by atoms with Gasteiger partial charge < -0.3 is 5.32 Å². The lowest BCUT2D eigenvalue weighted by molar-refractivity contribution is -0.0950. The van der Waals surface area contributed by atoms with E-state index in [1.54, 1.807) is 0 Å². The van der Waals surface area contributed by atoms with Crippen LogP contribution in [0.2, 0.25) is 0 Å². The van der Waals surface area contributed by atoms with Crippen LogP contribution in [0.5, 0.6) is 0 Å². The minimum Gasteiger partial charge on any atom is -0.327 e. The van der Waals surface area contributed by atoms with Crippen molar-refractivity contribution in [1.82, 2.24) is 5.32 Å². The van der Waals surface area contributed by atoms with Gasteiger partial charge in [0, 0.05) is 6.20 Å². The molecule has 0 unspecified atom stereocenters. The standard InChI is InChI=1S/C8H6F3N3/c9-8(10,11)6-3-1-2-4-13-7(5-12)14-6/h2-4H,1H2,(H,13,14)/b4-2-,6-3?. The van der Waals surface area contributed by atoms with Gasteiger partial charge in [0.2, 0.25) is 5.84 Å². The van der Waals surface area contributed by atoms with E-state index >= 15 is 0 Å². The fourth-order valence-electron chi connectivity index (χ4n) is 0.828. The van der Waals surface area contributed by atoms with Crippen molar-refractivity contribution in [2.24, 2.45) is 4.99 Å². The van der Waals surface area contributed by atoms with Crippen molar-refractivity contribution in [1.29, 1.82) is 5.26 Å². The predicted molar refractivity (Wildman–Crippen MR) is 44.1 cm³/mol. The van der Waals surface area contributed by atoms with Crippen molar-refractivity contribution in [2.45, 2.75) is 12.6 Å². The molecule has 0 radical (unpaired) electrons. The highest BCUT2D eigenvalue weighted by molar-refractivity contribution is 5.98. The Balaban J connectivity index is 2.95. The molecule has 0 fully saturated rings. The first-order valence-electron chi connectivity index (χ1n) is 3.71. The first-order chi connectivity index (χ1) is 6.54. The molecule has 1 aliphatic rings. The molecule has 0 aromatic carbocycles. The Hall–Kier alpha value is -1.77. The highest BCUT2D eigenvalue weighted by Crippen LogP contribution is 2.24. The molecule has 74 valence electrons. The summed E-state index contributed by atoms with van der Waals surface area (Å²) in [5.41, 5.74) is -0.956. The van der Waals surface area contributed by atoms with Gasteiger partial charge >= 0.3 is 6.18 Å². The van der Waals surface area contributed by atoms with Crippen LogP contribution in [-0.2, 0) is 0 Å². The van der Waals surface area contributed by atoms with E-state index in [-0.39, 0.29) is 12.3 Å². The van der Waals surface area contributed by atoms with Gasteiger partial charge in [-0.25, -0.2) is 4.99 Å². The minimum absolute atomic E-state index is 0.129. The van der Waals surface area contributed by atoms with Crippen molar-refractivity contribution in [2.75, 3.05) is 0 Å². The van der Waals surface area contributed by atoms with Crippen LogP contribution in [0.15, 0.2) is 29.0 Å². The van der Waals surface area contributed by atoms with E-state index in [1.807, 2.05) is 5.32 Å². The van der Waals surface area contributed by atoms with Crippen LogP contribution in [0.1, 0.15) is 6.42 Å². The Kier molecular flexibility index (Phi) is 2.92. The smallest absolute Gasteiger partial charge is 0.327 e. The molecule has 1 aliphatic heterocycles. The van der Waals surface area contributed by atoms with E-state index in [9.17, 15) is 13.2 Å². The highest BCUT2D eigenvalue weighted by Gasteiger charge is 2.34. The van der Waals surface area contributed by atoms with Crippen LogP contribution >= 0.6 is 0 Å². The molecule has 0 aromatic rings. The quantitative estimate of drug-likeness (QED) is 0.650. The molecule has 0 amide bonds. The van der Waals surface area contributed by atoms with E-state index in [0.29, 0.717) is 0 Å². The van der Waals surface area contributed by atoms with Crippen LogP contribution in [0.25, 0.3) is 0 Å². The maximum absolute atomic E-state index is 12.2. The average molecular weight is 201 g/mol. The molecule has 6 heteroatoms. The number of nitrogens with one attached hydrogen (secondary N) is 1. The number of nitriles is 1. The van der Waals surface area contributed by atoms with Gasteiger partial charge in [0.05, 0.1) is 0 Å². The van der Waals surface area contributed by atoms with Crippen LogP contribution in [0.4, 0.5) is 13.2 Å². The number of allylic oxidation sites excluding steroid dienone is 3. The Morgan fingerprint density at radius 2 is 2.21 bits per heavy atom. The molecular weight excluding hydrogens is 195 g/mol. The summed E-state index contributed by atoms with van der Waals surface area (Å²) in [7, 11) is 0. The highest BCUT2D eigenvalue weighted by atomic mass is 19.4. The Morgan fingerprint density at radius 3 is 2.79 bits per heavy atom. The second-order valence-electron chi connectivity index (χ2n) is 2.45. The number of alkyl halides is 3. The SMILES string of the molecule is N#CC1=N/C=C\CC=C(C(F)(F)F)N1. The summed E-state index contributed by atoms with van der Waals surface area (Å²) in [6.45, 7) is 0. The molecule has 0 aromatic heterocycles. The maximum Gasteiger partial charge on any atom is 0.431 e. The van der Waals surface area contributed by atoms with Crippen LogP contribution < -0.4 is 5.32 Å². The second kappa shape index (κ2) is 3.96. The molecule has 0 saturated carbocycles. The van der Waals surface area contributed by atoms with Crippen molar-refractivity contribution in [3.05, 3.63) is 24.0 Å². The number of hydrogen-bond donors (Lipinski definition) is 1. The number of amidine groups is 1. The summed E-state index contributed by atoms with van der Waals surface area (Å²) >= 11 is 0. The molecule has 1 N–H and O–H groups in total. The number of aliphatic imine (C=N–C) groups is 1. The molecule has 0 atom stereocenters. The second-order valence-corrected chi connectivity index (χ2v) is 2.45. The molecule has 1 heterocycles. The van der Waals surface area contributed by atoms with Crippen molar-refractivity contribution in [3.63, 3.8) is 0 Å².